The van der Waals surface area contributed by atoms with Gasteiger partial charge in [0.2, 0.25) is 5.88 Å². The Bertz CT molecular complexity index is 377. The van der Waals surface area contributed by atoms with E-state index in [9.17, 15) is 0 Å². The van der Waals surface area contributed by atoms with Gasteiger partial charge in [0.25, 0.3) is 0 Å². The molecule has 1 saturated heterocycles. The summed E-state index contributed by atoms with van der Waals surface area (Å²) in [6, 6.07) is 2.87. The molecule has 2 heterocycles. The highest BCUT2D eigenvalue weighted by Crippen LogP contribution is 2.19. The quantitative estimate of drug-likeness (QED) is 0.857. The van der Waals surface area contributed by atoms with Crippen molar-refractivity contribution >= 4 is 5.82 Å². The molecule has 100 valence electrons. The lowest BCUT2D eigenvalue weighted by Crippen LogP contribution is -2.41. The molecule has 1 aliphatic rings. The van der Waals surface area contributed by atoms with Crippen molar-refractivity contribution < 1.29 is 4.74 Å². The van der Waals surface area contributed by atoms with Crippen LogP contribution in [0, 0.1) is 0 Å². The molecule has 5 nitrogen and oxygen atoms in total. The van der Waals surface area contributed by atoms with Gasteiger partial charge in [-0.15, -0.1) is 0 Å². The number of hydrogen-bond donors (Lipinski definition) is 1. The first-order chi connectivity index (χ1) is 8.70. The Balaban J connectivity index is 2.12. The molecule has 1 N–H and O–H groups in total. The molecule has 1 aromatic heterocycles. The molecule has 0 aliphatic carbocycles. The summed E-state index contributed by atoms with van der Waals surface area (Å²) in [5, 5.41) is 3.52. The molecule has 1 unspecified atom stereocenters. The highest BCUT2D eigenvalue weighted by atomic mass is 16.5. The van der Waals surface area contributed by atoms with E-state index in [1.807, 2.05) is 6.07 Å². The second-order valence-corrected chi connectivity index (χ2v) is 4.96. The summed E-state index contributed by atoms with van der Waals surface area (Å²) in [5.41, 5.74) is 0. The van der Waals surface area contributed by atoms with Crippen LogP contribution in [0.3, 0.4) is 0 Å². The van der Waals surface area contributed by atoms with Gasteiger partial charge in [-0.2, -0.15) is 0 Å². The van der Waals surface area contributed by atoms with Crippen LogP contribution in [0.5, 0.6) is 5.88 Å². The first kappa shape index (κ1) is 13.1. The van der Waals surface area contributed by atoms with Gasteiger partial charge in [-0.05, 0) is 33.2 Å². The number of rotatable bonds is 5. The molecule has 1 fully saturated rings. The fourth-order valence-corrected chi connectivity index (χ4v) is 2.32. The molecule has 1 atom stereocenters. The molecular formula is C13H22N4O. The first-order valence-electron chi connectivity index (χ1n) is 6.56. The number of hydrogen-bond acceptors (Lipinski definition) is 5. The average molecular weight is 250 g/mol. The highest BCUT2D eigenvalue weighted by Gasteiger charge is 2.21. The van der Waals surface area contributed by atoms with E-state index in [-0.39, 0.29) is 0 Å². The Kier molecular flexibility index (Phi) is 4.36. The molecule has 5 heteroatoms. The van der Waals surface area contributed by atoms with Crippen LogP contribution < -0.4 is 15.0 Å². The first-order valence-corrected chi connectivity index (χ1v) is 6.56. The van der Waals surface area contributed by atoms with Crippen LogP contribution in [0.25, 0.3) is 0 Å². The van der Waals surface area contributed by atoms with Crippen molar-refractivity contribution in [3.05, 3.63) is 12.4 Å². The molecule has 1 aliphatic heterocycles. The highest BCUT2D eigenvalue weighted by molar-refractivity contribution is 5.42. The topological polar surface area (TPSA) is 50.3 Å². The van der Waals surface area contributed by atoms with Crippen LogP contribution in [0.1, 0.15) is 26.7 Å². The Hall–Kier alpha value is -1.36. The molecule has 0 spiro atoms. The third-order valence-electron chi connectivity index (χ3n) is 3.33. The van der Waals surface area contributed by atoms with Crippen LogP contribution in [-0.4, -0.2) is 42.3 Å². The van der Waals surface area contributed by atoms with Gasteiger partial charge in [-0.25, -0.2) is 9.97 Å². The molecule has 2 rings (SSSR count). The van der Waals surface area contributed by atoms with Crippen molar-refractivity contribution in [2.24, 2.45) is 0 Å². The predicted molar refractivity (Wildman–Crippen MR) is 72.1 cm³/mol. The lowest BCUT2D eigenvalue weighted by Gasteiger charge is -2.30. The summed E-state index contributed by atoms with van der Waals surface area (Å²) in [6.45, 7) is 6.48. The maximum absolute atomic E-state index is 5.16. The smallest absolute Gasteiger partial charge is 0.218 e. The van der Waals surface area contributed by atoms with E-state index in [1.54, 1.807) is 13.4 Å². The summed E-state index contributed by atoms with van der Waals surface area (Å²) in [6.07, 6.45) is 4.07. The second-order valence-electron chi connectivity index (χ2n) is 4.96. The van der Waals surface area contributed by atoms with Crippen molar-refractivity contribution in [1.82, 2.24) is 15.3 Å². The molecule has 0 amide bonds. The van der Waals surface area contributed by atoms with Crippen LogP contribution in [0.4, 0.5) is 5.82 Å². The number of anilines is 1. The van der Waals surface area contributed by atoms with Gasteiger partial charge in [0.05, 0.1) is 7.11 Å². The van der Waals surface area contributed by atoms with E-state index in [0.717, 1.165) is 18.9 Å². The third-order valence-corrected chi connectivity index (χ3v) is 3.33. The number of ether oxygens (including phenoxy) is 1. The van der Waals surface area contributed by atoms with Crippen LogP contribution in [0.2, 0.25) is 0 Å². The van der Waals surface area contributed by atoms with Gasteiger partial charge in [0.15, 0.2) is 0 Å². The molecule has 0 saturated carbocycles. The Morgan fingerprint density at radius 2 is 2.33 bits per heavy atom. The summed E-state index contributed by atoms with van der Waals surface area (Å²) in [5.74, 6) is 1.55. The van der Waals surface area contributed by atoms with Crippen molar-refractivity contribution in [3.63, 3.8) is 0 Å². The predicted octanol–water partition coefficient (Wildman–Crippen LogP) is 1.45. The number of nitrogens with zero attached hydrogens (tertiary/aromatic N) is 3. The van der Waals surface area contributed by atoms with Crippen LogP contribution in [-0.2, 0) is 0 Å². The second kappa shape index (κ2) is 6.00. The molecule has 0 aromatic carbocycles. The van der Waals surface area contributed by atoms with Crippen LogP contribution in [0.15, 0.2) is 12.4 Å². The minimum Gasteiger partial charge on any atom is -0.481 e. The number of aromatic nitrogens is 2. The number of nitrogens with one attached hydrogen (secondary N) is 1. The van der Waals surface area contributed by atoms with Gasteiger partial charge in [-0.1, -0.05) is 0 Å². The van der Waals surface area contributed by atoms with E-state index in [0.29, 0.717) is 18.0 Å². The zero-order valence-corrected chi connectivity index (χ0v) is 11.4. The van der Waals surface area contributed by atoms with E-state index in [2.05, 4.69) is 34.0 Å². The third kappa shape index (κ3) is 3.10. The van der Waals surface area contributed by atoms with Gasteiger partial charge in [0, 0.05) is 24.7 Å². The molecule has 0 radical (unpaired) electrons. The normalized spacial score (nSPS) is 19.2. The van der Waals surface area contributed by atoms with E-state index >= 15 is 0 Å². The van der Waals surface area contributed by atoms with E-state index < -0.39 is 0 Å². The summed E-state index contributed by atoms with van der Waals surface area (Å²) in [4.78, 5) is 10.7. The summed E-state index contributed by atoms with van der Waals surface area (Å²) >= 11 is 0. The van der Waals surface area contributed by atoms with E-state index in [1.165, 1.54) is 12.8 Å². The Morgan fingerprint density at radius 1 is 1.50 bits per heavy atom. The van der Waals surface area contributed by atoms with E-state index in [4.69, 9.17) is 4.74 Å². The fourth-order valence-electron chi connectivity index (χ4n) is 2.32. The monoisotopic (exact) mass is 250 g/mol. The SMILES string of the molecule is COc1cc(N(CC2CCCN2)C(C)C)ncn1. The maximum atomic E-state index is 5.16. The zero-order valence-electron chi connectivity index (χ0n) is 11.4. The molecule has 1 aromatic rings. The van der Waals surface area contributed by atoms with Crippen molar-refractivity contribution in [3.8, 4) is 5.88 Å². The zero-order chi connectivity index (χ0) is 13.0. The Labute approximate surface area is 109 Å². The average Bonchev–Trinajstić information content (AvgIpc) is 2.88. The van der Waals surface area contributed by atoms with Gasteiger partial charge in [-0.3, -0.25) is 0 Å². The van der Waals surface area contributed by atoms with Gasteiger partial charge < -0.3 is 15.0 Å². The van der Waals surface area contributed by atoms with Crippen LogP contribution >= 0.6 is 0 Å². The Morgan fingerprint density at radius 3 is 2.94 bits per heavy atom. The molecular weight excluding hydrogens is 228 g/mol. The fraction of sp³-hybridized carbons (Fsp3) is 0.692. The van der Waals surface area contributed by atoms with Crippen molar-refractivity contribution in [2.45, 2.75) is 38.8 Å². The summed E-state index contributed by atoms with van der Waals surface area (Å²) in [7, 11) is 1.63. The minimum atomic E-state index is 0.409. The number of methoxy groups -OCH3 is 1. The lowest BCUT2D eigenvalue weighted by molar-refractivity contribution is 0.396. The van der Waals surface area contributed by atoms with Crippen molar-refractivity contribution in [1.29, 1.82) is 0 Å². The van der Waals surface area contributed by atoms with Gasteiger partial charge in [0.1, 0.15) is 12.1 Å². The summed E-state index contributed by atoms with van der Waals surface area (Å²) < 4.78 is 5.16. The van der Waals surface area contributed by atoms with Crippen molar-refractivity contribution in [2.75, 3.05) is 25.1 Å². The standard InChI is InChI=1S/C13H22N4O/c1-10(2)17(8-11-5-4-6-14-11)12-7-13(18-3)16-9-15-12/h7,9-11,14H,4-6,8H2,1-3H3. The molecule has 18 heavy (non-hydrogen) atoms. The molecule has 0 bridgehead atoms. The largest absolute Gasteiger partial charge is 0.481 e. The maximum Gasteiger partial charge on any atom is 0.218 e. The minimum absolute atomic E-state index is 0.409. The van der Waals surface area contributed by atoms with Gasteiger partial charge >= 0.3 is 0 Å². The lowest BCUT2D eigenvalue weighted by atomic mass is 10.2.